The number of rotatable bonds is 12. The fourth-order valence-electron chi connectivity index (χ4n) is 1.85. The molecule has 0 aromatic carbocycles. The molecule has 0 aliphatic carbocycles. The SMILES string of the molecule is C=CC(Br)C(C(Br)C=C)C(SCCCC)P(=O)(OC)OC. The number of unbranched alkanes of at least 4 members (excludes halogenated alkanes) is 1. The highest BCUT2D eigenvalue weighted by Gasteiger charge is 2.44. The maximum Gasteiger partial charge on any atom is 0.343 e. The second-order valence-corrected chi connectivity index (χ2v) is 10.5. The minimum atomic E-state index is -3.21. The van der Waals surface area contributed by atoms with Crippen molar-refractivity contribution in [3.63, 3.8) is 0 Å². The Kier molecular flexibility index (Phi) is 12.0. The Hall–Kier alpha value is 0.940. The first-order chi connectivity index (χ1) is 9.91. The Bertz CT molecular complexity index is 346. The minimum Gasteiger partial charge on any atom is -0.311 e. The number of hydrogen-bond donors (Lipinski definition) is 0. The molecule has 3 unspecified atom stereocenters. The van der Waals surface area contributed by atoms with Crippen molar-refractivity contribution in [3.05, 3.63) is 25.3 Å². The van der Waals surface area contributed by atoms with Crippen molar-refractivity contribution in [1.82, 2.24) is 0 Å². The highest BCUT2D eigenvalue weighted by Crippen LogP contribution is 2.60. The lowest BCUT2D eigenvalue weighted by Crippen LogP contribution is -2.33. The second-order valence-electron chi connectivity index (χ2n) is 4.46. The molecule has 0 saturated carbocycles. The van der Waals surface area contributed by atoms with Crippen LogP contribution in [0, 0.1) is 5.92 Å². The highest BCUT2D eigenvalue weighted by molar-refractivity contribution is 9.10. The molecular formula is C14H25Br2O3PS. The molecule has 0 rings (SSSR count). The molecule has 0 N–H and O–H groups in total. The predicted octanol–water partition coefficient (Wildman–Crippen LogP) is 5.85. The molecule has 7 heteroatoms. The first-order valence-corrected chi connectivity index (χ1v) is 11.3. The van der Waals surface area contributed by atoms with Gasteiger partial charge in [-0.15, -0.1) is 24.9 Å². The lowest BCUT2D eigenvalue weighted by atomic mass is 10.0. The van der Waals surface area contributed by atoms with Crippen LogP contribution in [-0.2, 0) is 13.6 Å². The molecule has 0 aliphatic rings. The van der Waals surface area contributed by atoms with Crippen molar-refractivity contribution in [3.8, 4) is 0 Å². The van der Waals surface area contributed by atoms with E-state index in [4.69, 9.17) is 9.05 Å². The minimum absolute atomic E-state index is 0.0300. The number of hydrogen-bond acceptors (Lipinski definition) is 4. The van der Waals surface area contributed by atoms with Crippen LogP contribution >= 0.6 is 51.2 Å². The summed E-state index contributed by atoms with van der Waals surface area (Å²) in [6.07, 6.45) is 5.74. The van der Waals surface area contributed by atoms with E-state index >= 15 is 0 Å². The van der Waals surface area contributed by atoms with Gasteiger partial charge in [-0.2, -0.15) is 0 Å². The quantitative estimate of drug-likeness (QED) is 0.157. The zero-order chi connectivity index (χ0) is 16.5. The largest absolute Gasteiger partial charge is 0.343 e. The number of thioether (sulfide) groups is 1. The second kappa shape index (κ2) is 11.5. The molecule has 21 heavy (non-hydrogen) atoms. The van der Waals surface area contributed by atoms with Crippen LogP contribution in [0.5, 0.6) is 0 Å². The van der Waals surface area contributed by atoms with Crippen molar-refractivity contribution >= 4 is 51.2 Å². The molecule has 0 aromatic heterocycles. The summed E-state index contributed by atoms with van der Waals surface area (Å²) in [4.78, 5) is -0.362. The topological polar surface area (TPSA) is 35.5 Å². The van der Waals surface area contributed by atoms with Crippen LogP contribution in [0.4, 0.5) is 0 Å². The monoisotopic (exact) mass is 462 g/mol. The number of alkyl halides is 2. The van der Waals surface area contributed by atoms with Crippen molar-refractivity contribution in [2.75, 3.05) is 20.0 Å². The summed E-state index contributed by atoms with van der Waals surface area (Å²) in [6, 6.07) is 0. The molecule has 3 atom stereocenters. The van der Waals surface area contributed by atoms with Gasteiger partial charge >= 0.3 is 7.60 Å². The zero-order valence-corrected chi connectivity index (χ0v) is 17.7. The van der Waals surface area contributed by atoms with Crippen molar-refractivity contribution in [1.29, 1.82) is 0 Å². The first-order valence-electron chi connectivity index (χ1n) is 6.77. The fourth-order valence-corrected chi connectivity index (χ4v) is 8.58. The predicted molar refractivity (Wildman–Crippen MR) is 102 cm³/mol. The molecule has 0 heterocycles. The van der Waals surface area contributed by atoms with Crippen LogP contribution in [0.2, 0.25) is 0 Å². The molecule has 0 aliphatic heterocycles. The first kappa shape index (κ1) is 21.9. The molecular weight excluding hydrogens is 439 g/mol. The molecule has 0 fully saturated rings. The van der Waals surface area contributed by atoms with E-state index in [9.17, 15) is 4.57 Å². The molecule has 3 nitrogen and oxygen atoms in total. The van der Waals surface area contributed by atoms with E-state index in [0.29, 0.717) is 0 Å². The maximum absolute atomic E-state index is 13.0. The Morgan fingerprint density at radius 1 is 1.19 bits per heavy atom. The van der Waals surface area contributed by atoms with E-state index in [2.05, 4.69) is 51.9 Å². The molecule has 0 amide bonds. The third-order valence-corrected chi connectivity index (χ3v) is 9.48. The van der Waals surface area contributed by atoms with Crippen LogP contribution in [-0.4, -0.2) is 34.6 Å². The Balaban J connectivity index is 5.51. The van der Waals surface area contributed by atoms with Crippen LogP contribution in [0.25, 0.3) is 0 Å². The van der Waals surface area contributed by atoms with Crippen LogP contribution in [0.15, 0.2) is 25.3 Å². The summed E-state index contributed by atoms with van der Waals surface area (Å²) in [7, 11) is -0.347. The number of halogens is 2. The third kappa shape index (κ3) is 6.52. The standard InChI is InChI=1S/C14H25Br2O3PS/c1-6-9-10-21-14(20(17,18-4)19-5)13(11(15)7-2)12(16)8-3/h7-8,11-14H,2-3,6,9-10H2,1,4-5H3. The maximum atomic E-state index is 13.0. The smallest absolute Gasteiger partial charge is 0.311 e. The van der Waals surface area contributed by atoms with Gasteiger partial charge in [-0.05, 0) is 12.2 Å². The Labute approximate surface area is 150 Å². The highest BCUT2D eigenvalue weighted by atomic mass is 79.9. The number of allylic oxidation sites excluding steroid dienone is 2. The van der Waals surface area contributed by atoms with Crippen molar-refractivity contribution in [2.24, 2.45) is 5.92 Å². The van der Waals surface area contributed by atoms with Gasteiger partial charge in [-0.1, -0.05) is 57.4 Å². The van der Waals surface area contributed by atoms with Gasteiger partial charge in [0.25, 0.3) is 0 Å². The average molecular weight is 464 g/mol. The van der Waals surface area contributed by atoms with E-state index < -0.39 is 7.60 Å². The summed E-state index contributed by atoms with van der Waals surface area (Å²) >= 11 is 8.84. The van der Waals surface area contributed by atoms with Crippen molar-refractivity contribution in [2.45, 2.75) is 34.4 Å². The van der Waals surface area contributed by atoms with Gasteiger partial charge in [0.05, 0.1) is 0 Å². The van der Waals surface area contributed by atoms with Gasteiger partial charge in [0.2, 0.25) is 0 Å². The normalized spacial score (nSPS) is 17.8. The van der Waals surface area contributed by atoms with E-state index in [1.54, 1.807) is 23.9 Å². The molecule has 0 spiro atoms. The summed E-state index contributed by atoms with van der Waals surface area (Å²) in [5.41, 5.74) is 0. The van der Waals surface area contributed by atoms with Gasteiger partial charge in [-0.3, -0.25) is 4.57 Å². The lowest BCUT2D eigenvalue weighted by Gasteiger charge is -2.34. The van der Waals surface area contributed by atoms with Crippen LogP contribution < -0.4 is 0 Å². The molecule has 0 radical (unpaired) electrons. The van der Waals surface area contributed by atoms with E-state index in [1.165, 1.54) is 14.2 Å². The van der Waals surface area contributed by atoms with Gasteiger partial charge in [0.1, 0.15) is 4.99 Å². The van der Waals surface area contributed by atoms with Crippen LogP contribution in [0.3, 0.4) is 0 Å². The Morgan fingerprint density at radius 3 is 2.00 bits per heavy atom. The summed E-state index contributed by atoms with van der Waals surface area (Å²) in [5, 5.41) is 0. The average Bonchev–Trinajstić information content (AvgIpc) is 2.52. The Morgan fingerprint density at radius 2 is 1.67 bits per heavy atom. The lowest BCUT2D eigenvalue weighted by molar-refractivity contribution is 0.267. The van der Waals surface area contributed by atoms with Crippen molar-refractivity contribution < 1.29 is 13.6 Å². The molecule has 0 bridgehead atoms. The summed E-state index contributed by atoms with van der Waals surface area (Å²) < 4.78 is 23.5. The third-order valence-electron chi connectivity index (χ3n) is 3.12. The fraction of sp³-hybridized carbons (Fsp3) is 0.714. The molecule has 0 aromatic rings. The van der Waals surface area contributed by atoms with E-state index in [1.807, 2.05) is 0 Å². The van der Waals surface area contributed by atoms with E-state index in [0.717, 1.165) is 18.6 Å². The molecule has 0 saturated heterocycles. The summed E-state index contributed by atoms with van der Waals surface area (Å²) in [5.74, 6) is 0.856. The van der Waals surface area contributed by atoms with Crippen LogP contribution in [0.1, 0.15) is 19.8 Å². The van der Waals surface area contributed by atoms with Gasteiger partial charge in [0.15, 0.2) is 0 Å². The van der Waals surface area contributed by atoms with Gasteiger partial charge < -0.3 is 9.05 Å². The van der Waals surface area contributed by atoms with E-state index in [-0.39, 0.29) is 20.6 Å². The zero-order valence-electron chi connectivity index (χ0n) is 12.8. The van der Waals surface area contributed by atoms with Gasteiger partial charge in [0, 0.05) is 29.8 Å². The summed E-state index contributed by atoms with van der Waals surface area (Å²) in [6.45, 7) is 9.79. The molecule has 124 valence electrons. The van der Waals surface area contributed by atoms with Gasteiger partial charge in [-0.25, -0.2) is 0 Å².